The molecule has 1 heterocycles. The maximum atomic E-state index is 12.3. The lowest BCUT2D eigenvalue weighted by Crippen LogP contribution is -2.31. The molecular weight excluding hydrogens is 293 g/mol. The average Bonchev–Trinajstić information content (AvgIpc) is 2.28. The van der Waals surface area contributed by atoms with Crippen molar-refractivity contribution < 1.29 is 9.72 Å². The first kappa shape index (κ1) is 15.7. The number of carbonyl (C=O) groups is 1. The minimum absolute atomic E-state index is 0.0291. The number of hydrogen-bond donors (Lipinski definition) is 0. The highest BCUT2D eigenvalue weighted by Crippen LogP contribution is 2.33. The van der Waals surface area contributed by atoms with Gasteiger partial charge in [0, 0.05) is 18.7 Å². The number of amides is 1. The minimum atomic E-state index is -0.667. The van der Waals surface area contributed by atoms with Gasteiger partial charge in [0.15, 0.2) is 0 Å². The predicted molar refractivity (Wildman–Crippen MR) is 72.9 cm³/mol. The fourth-order valence-electron chi connectivity index (χ4n) is 1.75. The molecule has 1 amide bonds. The molecule has 0 unspecified atom stereocenters. The SMILES string of the molecule is CCN(CC)C(=O)c1c(Cl)nc(Cl)c([N+](=O)[O-])c1C. The maximum Gasteiger partial charge on any atom is 0.310 e. The molecule has 0 fully saturated rings. The van der Waals surface area contributed by atoms with Crippen LogP contribution in [0.1, 0.15) is 29.8 Å². The molecule has 6 nitrogen and oxygen atoms in total. The van der Waals surface area contributed by atoms with Gasteiger partial charge in [-0.1, -0.05) is 23.2 Å². The zero-order valence-electron chi connectivity index (χ0n) is 10.7. The molecule has 104 valence electrons. The summed E-state index contributed by atoms with van der Waals surface area (Å²) >= 11 is 11.6. The van der Waals surface area contributed by atoms with E-state index in [0.29, 0.717) is 13.1 Å². The summed E-state index contributed by atoms with van der Waals surface area (Å²) in [4.78, 5) is 27.7. The molecule has 0 N–H and O–H groups in total. The van der Waals surface area contributed by atoms with Crippen LogP contribution in [0, 0.1) is 17.0 Å². The van der Waals surface area contributed by atoms with E-state index >= 15 is 0 Å². The summed E-state index contributed by atoms with van der Waals surface area (Å²) in [6, 6.07) is 0. The third-order valence-electron chi connectivity index (χ3n) is 2.78. The van der Waals surface area contributed by atoms with Crippen LogP contribution in [0.4, 0.5) is 5.69 Å². The lowest BCUT2D eigenvalue weighted by atomic mass is 10.1. The quantitative estimate of drug-likeness (QED) is 0.486. The maximum absolute atomic E-state index is 12.3. The van der Waals surface area contributed by atoms with Gasteiger partial charge in [0.05, 0.1) is 10.5 Å². The molecule has 0 radical (unpaired) electrons. The molecule has 1 rings (SSSR count). The summed E-state index contributed by atoms with van der Waals surface area (Å²) in [6.07, 6.45) is 0. The van der Waals surface area contributed by atoms with Crippen LogP contribution >= 0.6 is 23.2 Å². The summed E-state index contributed by atoms with van der Waals surface area (Å²) in [5.41, 5.74) is -0.227. The molecule has 0 saturated carbocycles. The first-order chi connectivity index (χ1) is 8.84. The Bertz CT molecular complexity index is 530. The average molecular weight is 306 g/mol. The molecule has 0 aliphatic heterocycles. The van der Waals surface area contributed by atoms with E-state index in [1.807, 2.05) is 13.8 Å². The topological polar surface area (TPSA) is 76.3 Å². The predicted octanol–water partition coefficient (Wildman–Crippen LogP) is 3.09. The molecule has 0 aliphatic rings. The van der Waals surface area contributed by atoms with Crippen LogP contribution in [0.3, 0.4) is 0 Å². The van der Waals surface area contributed by atoms with Crippen LogP contribution in [0.2, 0.25) is 10.3 Å². The van der Waals surface area contributed by atoms with E-state index < -0.39 is 4.92 Å². The van der Waals surface area contributed by atoms with Crippen molar-refractivity contribution in [1.82, 2.24) is 9.88 Å². The standard InChI is InChI=1S/C11H13Cl2N3O3/c1-4-15(5-2)11(17)7-6(3)8(16(18)19)10(13)14-9(7)12/h4-5H2,1-3H3. The highest BCUT2D eigenvalue weighted by Gasteiger charge is 2.28. The van der Waals surface area contributed by atoms with Crippen LogP contribution in [0.25, 0.3) is 0 Å². The zero-order chi connectivity index (χ0) is 14.7. The number of carbonyl (C=O) groups excluding carboxylic acids is 1. The van der Waals surface area contributed by atoms with Gasteiger partial charge in [-0.25, -0.2) is 4.98 Å². The van der Waals surface area contributed by atoms with Gasteiger partial charge in [-0.2, -0.15) is 0 Å². The van der Waals surface area contributed by atoms with Crippen molar-refractivity contribution in [1.29, 1.82) is 0 Å². The zero-order valence-corrected chi connectivity index (χ0v) is 12.2. The second-order valence-corrected chi connectivity index (χ2v) is 4.49. The molecule has 8 heteroatoms. The molecule has 19 heavy (non-hydrogen) atoms. The molecular formula is C11H13Cl2N3O3. The van der Waals surface area contributed by atoms with E-state index in [1.54, 1.807) is 0 Å². The number of halogens is 2. The normalized spacial score (nSPS) is 10.4. The van der Waals surface area contributed by atoms with E-state index in [0.717, 1.165) is 0 Å². The largest absolute Gasteiger partial charge is 0.339 e. The number of nitrogens with zero attached hydrogens (tertiary/aromatic N) is 3. The Kier molecular flexibility index (Phi) is 5.08. The van der Waals surface area contributed by atoms with Crippen molar-refractivity contribution in [2.24, 2.45) is 0 Å². The third-order valence-corrected chi connectivity index (χ3v) is 3.31. The van der Waals surface area contributed by atoms with Gasteiger partial charge in [0.1, 0.15) is 5.15 Å². The van der Waals surface area contributed by atoms with Crippen molar-refractivity contribution in [3.05, 3.63) is 31.5 Å². The second-order valence-electron chi connectivity index (χ2n) is 3.78. The van der Waals surface area contributed by atoms with Gasteiger partial charge in [-0.15, -0.1) is 0 Å². The number of aromatic nitrogens is 1. The van der Waals surface area contributed by atoms with Crippen LogP contribution in [-0.2, 0) is 0 Å². The monoisotopic (exact) mass is 305 g/mol. The Balaban J connectivity index is 3.48. The number of pyridine rings is 1. The number of hydrogen-bond acceptors (Lipinski definition) is 4. The fourth-order valence-corrected chi connectivity index (χ4v) is 2.40. The van der Waals surface area contributed by atoms with E-state index in [2.05, 4.69) is 4.98 Å². The molecule has 1 aromatic heterocycles. The van der Waals surface area contributed by atoms with Crippen molar-refractivity contribution >= 4 is 34.8 Å². The highest BCUT2D eigenvalue weighted by molar-refractivity contribution is 6.36. The molecule has 0 aromatic carbocycles. The Morgan fingerprint density at radius 1 is 1.32 bits per heavy atom. The van der Waals surface area contributed by atoms with E-state index in [4.69, 9.17) is 23.2 Å². The smallest absolute Gasteiger partial charge is 0.310 e. The minimum Gasteiger partial charge on any atom is -0.339 e. The number of rotatable bonds is 4. The first-order valence-corrected chi connectivity index (χ1v) is 6.39. The Labute approximate surface area is 120 Å². The molecule has 0 spiro atoms. The molecule has 0 atom stereocenters. The van der Waals surface area contributed by atoms with E-state index in [-0.39, 0.29) is 33.0 Å². The Morgan fingerprint density at radius 2 is 1.84 bits per heavy atom. The van der Waals surface area contributed by atoms with Gasteiger partial charge < -0.3 is 4.90 Å². The van der Waals surface area contributed by atoms with Gasteiger partial charge in [0.2, 0.25) is 5.15 Å². The van der Waals surface area contributed by atoms with Gasteiger partial charge in [-0.3, -0.25) is 14.9 Å². The Morgan fingerprint density at radius 3 is 2.26 bits per heavy atom. The van der Waals surface area contributed by atoms with Crippen LogP contribution in [0.15, 0.2) is 0 Å². The molecule has 0 aliphatic carbocycles. The van der Waals surface area contributed by atoms with Gasteiger partial charge in [-0.05, 0) is 20.8 Å². The van der Waals surface area contributed by atoms with Crippen molar-refractivity contribution in [2.75, 3.05) is 13.1 Å². The fraction of sp³-hybridized carbons (Fsp3) is 0.455. The summed E-state index contributed by atoms with van der Waals surface area (Å²) in [5, 5.41) is 10.5. The lowest BCUT2D eigenvalue weighted by Gasteiger charge is -2.20. The molecule has 0 bridgehead atoms. The summed E-state index contributed by atoms with van der Waals surface area (Å²) < 4.78 is 0. The summed E-state index contributed by atoms with van der Waals surface area (Å²) in [7, 11) is 0. The first-order valence-electron chi connectivity index (χ1n) is 5.64. The van der Waals surface area contributed by atoms with Crippen molar-refractivity contribution in [3.63, 3.8) is 0 Å². The molecule has 0 saturated heterocycles. The third kappa shape index (κ3) is 2.96. The second kappa shape index (κ2) is 6.16. The summed E-state index contributed by atoms with van der Waals surface area (Å²) in [5.74, 6) is -0.389. The molecule has 1 aromatic rings. The van der Waals surface area contributed by atoms with Crippen molar-refractivity contribution in [2.45, 2.75) is 20.8 Å². The van der Waals surface area contributed by atoms with Crippen LogP contribution in [-0.4, -0.2) is 33.8 Å². The van der Waals surface area contributed by atoms with E-state index in [9.17, 15) is 14.9 Å². The Hall–Kier alpha value is -1.40. The van der Waals surface area contributed by atoms with Gasteiger partial charge >= 0.3 is 5.69 Å². The lowest BCUT2D eigenvalue weighted by molar-refractivity contribution is -0.385. The van der Waals surface area contributed by atoms with Gasteiger partial charge in [0.25, 0.3) is 5.91 Å². The van der Waals surface area contributed by atoms with Crippen LogP contribution < -0.4 is 0 Å². The van der Waals surface area contributed by atoms with E-state index in [1.165, 1.54) is 11.8 Å². The number of nitro groups is 1. The highest BCUT2D eigenvalue weighted by atomic mass is 35.5. The summed E-state index contributed by atoms with van der Waals surface area (Å²) in [6.45, 7) is 6.00. The van der Waals surface area contributed by atoms with Crippen LogP contribution in [0.5, 0.6) is 0 Å². The van der Waals surface area contributed by atoms with Crippen molar-refractivity contribution in [3.8, 4) is 0 Å².